The van der Waals surface area contributed by atoms with E-state index in [9.17, 15) is 5.26 Å². The molecular formula is C31H30N2O. The second kappa shape index (κ2) is 12.4. The zero-order valence-corrected chi connectivity index (χ0v) is 19.4. The number of ether oxygens (including phenoxy) is 1. The Labute approximate surface area is 202 Å². The van der Waals surface area contributed by atoms with Crippen LogP contribution in [0.25, 0.3) is 0 Å². The first-order valence-corrected chi connectivity index (χ1v) is 11.7. The Morgan fingerprint density at radius 2 is 1.12 bits per heavy atom. The molecule has 0 N–H and O–H groups in total. The lowest BCUT2D eigenvalue weighted by Crippen LogP contribution is -2.36. The summed E-state index contributed by atoms with van der Waals surface area (Å²) < 4.78 is 5.94. The van der Waals surface area contributed by atoms with Gasteiger partial charge in [0.05, 0.1) is 12.5 Å². The SMILES string of the molecule is N#CC[C@H](Cc1ccc(OCc2ccccc2)cc1)N(Cc1ccccc1)Cc1ccccc1. The van der Waals surface area contributed by atoms with Crippen molar-refractivity contribution in [1.29, 1.82) is 5.26 Å². The van der Waals surface area contributed by atoms with Crippen molar-refractivity contribution in [2.75, 3.05) is 0 Å². The molecule has 0 unspecified atom stereocenters. The van der Waals surface area contributed by atoms with E-state index in [2.05, 4.69) is 83.8 Å². The van der Waals surface area contributed by atoms with Crippen molar-refractivity contribution in [3.63, 3.8) is 0 Å². The zero-order chi connectivity index (χ0) is 23.4. The van der Waals surface area contributed by atoms with Gasteiger partial charge < -0.3 is 4.74 Å². The standard InChI is InChI=1S/C31H30N2O/c32-21-20-30(22-26-16-18-31(19-17-26)34-25-29-14-8-3-9-15-29)33(23-27-10-4-1-5-11-27)24-28-12-6-2-7-13-28/h1-19,30H,20,22-25H2/t30-/m1/s1. The van der Waals surface area contributed by atoms with Crippen LogP contribution in [-0.4, -0.2) is 10.9 Å². The molecule has 0 fully saturated rings. The summed E-state index contributed by atoms with van der Waals surface area (Å²) in [4.78, 5) is 2.42. The average Bonchev–Trinajstić information content (AvgIpc) is 2.89. The predicted octanol–water partition coefficient (Wildman–Crippen LogP) is 6.79. The van der Waals surface area contributed by atoms with Gasteiger partial charge in [-0.2, -0.15) is 5.26 Å². The quantitative estimate of drug-likeness (QED) is 0.254. The van der Waals surface area contributed by atoms with E-state index in [-0.39, 0.29) is 6.04 Å². The third kappa shape index (κ3) is 7.07. The van der Waals surface area contributed by atoms with Crippen molar-refractivity contribution >= 4 is 0 Å². The molecule has 0 aromatic heterocycles. The van der Waals surface area contributed by atoms with Crippen LogP contribution in [-0.2, 0) is 26.1 Å². The monoisotopic (exact) mass is 446 g/mol. The van der Waals surface area contributed by atoms with E-state index in [1.54, 1.807) is 0 Å². The minimum Gasteiger partial charge on any atom is -0.489 e. The topological polar surface area (TPSA) is 36.3 Å². The van der Waals surface area contributed by atoms with Gasteiger partial charge in [0.25, 0.3) is 0 Å². The summed E-state index contributed by atoms with van der Waals surface area (Å²) in [5.41, 5.74) is 4.87. The van der Waals surface area contributed by atoms with Crippen molar-refractivity contribution in [2.24, 2.45) is 0 Å². The molecule has 3 nitrogen and oxygen atoms in total. The average molecular weight is 447 g/mol. The molecule has 0 aliphatic rings. The van der Waals surface area contributed by atoms with Crippen LogP contribution in [0, 0.1) is 11.3 Å². The maximum absolute atomic E-state index is 9.62. The van der Waals surface area contributed by atoms with Crippen molar-refractivity contribution in [2.45, 2.75) is 38.6 Å². The van der Waals surface area contributed by atoms with Crippen LogP contribution in [0.2, 0.25) is 0 Å². The summed E-state index contributed by atoms with van der Waals surface area (Å²) in [6.07, 6.45) is 1.29. The van der Waals surface area contributed by atoms with Gasteiger partial charge in [0.1, 0.15) is 12.4 Å². The summed E-state index contributed by atoms with van der Waals surface area (Å²) in [6, 6.07) is 42.0. The predicted molar refractivity (Wildman–Crippen MR) is 137 cm³/mol. The van der Waals surface area contributed by atoms with Gasteiger partial charge in [0, 0.05) is 19.1 Å². The highest BCUT2D eigenvalue weighted by Gasteiger charge is 2.20. The summed E-state index contributed by atoms with van der Waals surface area (Å²) in [7, 11) is 0. The lowest BCUT2D eigenvalue weighted by Gasteiger charge is -2.31. The van der Waals surface area contributed by atoms with E-state index < -0.39 is 0 Å². The number of hydrogen-bond donors (Lipinski definition) is 0. The Hall–Kier alpha value is -3.87. The lowest BCUT2D eigenvalue weighted by atomic mass is 10.0. The number of hydrogen-bond acceptors (Lipinski definition) is 3. The van der Waals surface area contributed by atoms with E-state index in [0.717, 1.165) is 30.8 Å². The molecule has 0 aliphatic heterocycles. The highest BCUT2D eigenvalue weighted by Crippen LogP contribution is 2.21. The summed E-state index contributed by atoms with van der Waals surface area (Å²) >= 11 is 0. The largest absolute Gasteiger partial charge is 0.489 e. The van der Waals surface area contributed by atoms with Crippen LogP contribution in [0.15, 0.2) is 115 Å². The summed E-state index contributed by atoms with van der Waals surface area (Å²) in [6.45, 7) is 2.17. The van der Waals surface area contributed by atoms with Crippen molar-refractivity contribution in [3.05, 3.63) is 138 Å². The molecule has 0 radical (unpaired) electrons. The van der Waals surface area contributed by atoms with Gasteiger partial charge in [0.2, 0.25) is 0 Å². The van der Waals surface area contributed by atoms with Gasteiger partial charge in [-0.1, -0.05) is 103 Å². The first-order chi connectivity index (χ1) is 16.8. The van der Waals surface area contributed by atoms with E-state index in [1.807, 2.05) is 42.5 Å². The minimum atomic E-state index is 0.112. The Morgan fingerprint density at radius 3 is 1.62 bits per heavy atom. The Morgan fingerprint density at radius 1 is 0.618 bits per heavy atom. The fourth-order valence-corrected chi connectivity index (χ4v) is 4.12. The van der Waals surface area contributed by atoms with Gasteiger partial charge >= 0.3 is 0 Å². The molecule has 1 atom stereocenters. The molecule has 0 saturated carbocycles. The van der Waals surface area contributed by atoms with Gasteiger partial charge in [0.15, 0.2) is 0 Å². The molecule has 4 aromatic rings. The summed E-state index contributed by atoms with van der Waals surface area (Å²) in [5.74, 6) is 0.856. The molecule has 0 aliphatic carbocycles. The Balaban J connectivity index is 1.46. The van der Waals surface area contributed by atoms with Gasteiger partial charge in [-0.25, -0.2) is 0 Å². The van der Waals surface area contributed by atoms with Gasteiger partial charge in [-0.3, -0.25) is 4.90 Å². The lowest BCUT2D eigenvalue weighted by molar-refractivity contribution is 0.178. The molecule has 34 heavy (non-hydrogen) atoms. The molecule has 170 valence electrons. The first-order valence-electron chi connectivity index (χ1n) is 11.7. The van der Waals surface area contributed by atoms with Crippen LogP contribution in [0.3, 0.4) is 0 Å². The zero-order valence-electron chi connectivity index (χ0n) is 19.4. The third-order valence-electron chi connectivity index (χ3n) is 5.94. The second-order valence-electron chi connectivity index (χ2n) is 8.51. The number of benzene rings is 4. The molecule has 0 spiro atoms. The smallest absolute Gasteiger partial charge is 0.119 e. The van der Waals surface area contributed by atoms with Crippen LogP contribution in [0.1, 0.15) is 28.7 Å². The van der Waals surface area contributed by atoms with E-state index >= 15 is 0 Å². The molecule has 4 rings (SSSR count). The fourth-order valence-electron chi connectivity index (χ4n) is 4.12. The minimum absolute atomic E-state index is 0.112. The molecule has 0 bridgehead atoms. The van der Waals surface area contributed by atoms with Gasteiger partial charge in [-0.05, 0) is 40.8 Å². The highest BCUT2D eigenvalue weighted by atomic mass is 16.5. The highest BCUT2D eigenvalue weighted by molar-refractivity contribution is 5.29. The number of nitrogens with zero attached hydrogens (tertiary/aromatic N) is 2. The fraction of sp³-hybridized carbons (Fsp3) is 0.194. The first kappa shape index (κ1) is 23.3. The number of nitriles is 1. The maximum atomic E-state index is 9.62. The molecule has 0 saturated heterocycles. The normalized spacial score (nSPS) is 11.6. The molecule has 0 heterocycles. The van der Waals surface area contributed by atoms with Gasteiger partial charge in [-0.15, -0.1) is 0 Å². The van der Waals surface area contributed by atoms with Crippen LogP contribution >= 0.6 is 0 Å². The Bertz CT molecular complexity index is 1110. The van der Waals surface area contributed by atoms with Crippen molar-refractivity contribution < 1.29 is 4.74 Å². The molecule has 3 heteroatoms. The number of rotatable bonds is 11. The van der Waals surface area contributed by atoms with Crippen LogP contribution in [0.5, 0.6) is 5.75 Å². The van der Waals surface area contributed by atoms with Crippen molar-refractivity contribution in [1.82, 2.24) is 4.90 Å². The van der Waals surface area contributed by atoms with E-state index in [1.165, 1.54) is 16.7 Å². The third-order valence-corrected chi connectivity index (χ3v) is 5.94. The Kier molecular flexibility index (Phi) is 8.49. The molecule has 0 amide bonds. The molecular weight excluding hydrogens is 416 g/mol. The summed E-state index contributed by atoms with van der Waals surface area (Å²) in [5, 5.41) is 9.62. The second-order valence-corrected chi connectivity index (χ2v) is 8.51. The van der Waals surface area contributed by atoms with Crippen LogP contribution < -0.4 is 4.74 Å². The maximum Gasteiger partial charge on any atom is 0.119 e. The van der Waals surface area contributed by atoms with E-state index in [4.69, 9.17) is 4.74 Å². The van der Waals surface area contributed by atoms with E-state index in [0.29, 0.717) is 13.0 Å². The molecule has 4 aromatic carbocycles. The van der Waals surface area contributed by atoms with Crippen LogP contribution in [0.4, 0.5) is 0 Å². The van der Waals surface area contributed by atoms with Crippen molar-refractivity contribution in [3.8, 4) is 11.8 Å².